The smallest absolute Gasteiger partial charge is 0.328 e. The lowest BCUT2D eigenvalue weighted by Crippen LogP contribution is -2.07. The SMILES string of the molecule is N#Cc1ccnc(NCc2cccc3c2OCCCO3)c1[N+](=O)[O-]. The molecule has 0 amide bonds. The molecule has 0 unspecified atom stereocenters. The number of fused-ring (bicyclic) bond motifs is 1. The van der Waals surface area contributed by atoms with E-state index in [0.29, 0.717) is 24.7 Å². The minimum absolute atomic E-state index is 0.0380. The van der Waals surface area contributed by atoms with E-state index in [1.165, 1.54) is 12.3 Å². The lowest BCUT2D eigenvalue weighted by Gasteiger charge is -2.13. The number of nitrogens with one attached hydrogen (secondary N) is 1. The van der Waals surface area contributed by atoms with Crippen molar-refractivity contribution in [3.63, 3.8) is 0 Å². The summed E-state index contributed by atoms with van der Waals surface area (Å²) in [6, 6.07) is 8.62. The average molecular weight is 326 g/mol. The number of nitrogens with zero attached hydrogens (tertiary/aromatic N) is 3. The summed E-state index contributed by atoms with van der Waals surface area (Å²) in [4.78, 5) is 14.6. The molecular weight excluding hydrogens is 312 g/mol. The maximum Gasteiger partial charge on any atom is 0.328 e. The van der Waals surface area contributed by atoms with Gasteiger partial charge in [-0.25, -0.2) is 4.98 Å². The maximum atomic E-state index is 11.2. The van der Waals surface area contributed by atoms with Gasteiger partial charge in [-0.3, -0.25) is 10.1 Å². The van der Waals surface area contributed by atoms with E-state index in [4.69, 9.17) is 14.7 Å². The largest absolute Gasteiger partial charge is 0.490 e. The van der Waals surface area contributed by atoms with Crippen LogP contribution >= 0.6 is 0 Å². The van der Waals surface area contributed by atoms with Gasteiger partial charge in [-0.15, -0.1) is 0 Å². The van der Waals surface area contributed by atoms with Crippen molar-refractivity contribution < 1.29 is 14.4 Å². The second-order valence-corrected chi connectivity index (χ2v) is 5.07. The monoisotopic (exact) mass is 326 g/mol. The summed E-state index contributed by atoms with van der Waals surface area (Å²) in [7, 11) is 0. The van der Waals surface area contributed by atoms with Crippen LogP contribution in [0.5, 0.6) is 11.5 Å². The van der Waals surface area contributed by atoms with Crippen molar-refractivity contribution in [2.45, 2.75) is 13.0 Å². The highest BCUT2D eigenvalue weighted by atomic mass is 16.6. The summed E-state index contributed by atoms with van der Waals surface area (Å²) in [5.41, 5.74) is 0.427. The number of nitriles is 1. The summed E-state index contributed by atoms with van der Waals surface area (Å²) in [5.74, 6) is 1.33. The van der Waals surface area contributed by atoms with Gasteiger partial charge < -0.3 is 14.8 Å². The fourth-order valence-corrected chi connectivity index (χ4v) is 2.43. The molecule has 0 radical (unpaired) electrons. The summed E-state index contributed by atoms with van der Waals surface area (Å²) in [6.07, 6.45) is 2.15. The molecule has 1 aliphatic rings. The van der Waals surface area contributed by atoms with E-state index in [1.807, 2.05) is 24.3 Å². The van der Waals surface area contributed by atoms with Crippen LogP contribution in [0.25, 0.3) is 0 Å². The number of ether oxygens (including phenoxy) is 2. The molecule has 3 rings (SSSR count). The van der Waals surface area contributed by atoms with Crippen LogP contribution in [-0.2, 0) is 6.54 Å². The van der Waals surface area contributed by atoms with Crippen LogP contribution in [0.15, 0.2) is 30.5 Å². The minimum Gasteiger partial charge on any atom is -0.490 e. The van der Waals surface area contributed by atoms with Gasteiger partial charge in [0.1, 0.15) is 11.6 Å². The number of pyridine rings is 1. The normalized spacial score (nSPS) is 12.8. The first-order valence-electron chi connectivity index (χ1n) is 7.35. The Balaban J connectivity index is 1.88. The Morgan fingerprint density at radius 1 is 1.33 bits per heavy atom. The predicted molar refractivity (Wildman–Crippen MR) is 85.0 cm³/mol. The molecule has 8 nitrogen and oxygen atoms in total. The maximum absolute atomic E-state index is 11.2. The molecule has 1 aliphatic heterocycles. The summed E-state index contributed by atoms with van der Waals surface area (Å²) < 4.78 is 11.3. The van der Waals surface area contributed by atoms with Crippen molar-refractivity contribution in [1.82, 2.24) is 4.98 Å². The molecule has 0 saturated carbocycles. The summed E-state index contributed by atoms with van der Waals surface area (Å²) in [5, 5.41) is 23.2. The van der Waals surface area contributed by atoms with E-state index in [2.05, 4.69) is 10.3 Å². The topological polar surface area (TPSA) is 110 Å². The van der Waals surface area contributed by atoms with Crippen LogP contribution in [0.2, 0.25) is 0 Å². The number of rotatable bonds is 4. The predicted octanol–water partition coefficient (Wildman–Crippen LogP) is 2.63. The van der Waals surface area contributed by atoms with Gasteiger partial charge in [-0.05, 0) is 12.1 Å². The third-order valence-electron chi connectivity index (χ3n) is 3.53. The molecule has 122 valence electrons. The van der Waals surface area contributed by atoms with Gasteiger partial charge in [-0.2, -0.15) is 5.26 Å². The van der Waals surface area contributed by atoms with E-state index in [1.54, 1.807) is 0 Å². The van der Waals surface area contributed by atoms with Crippen molar-refractivity contribution in [1.29, 1.82) is 5.26 Å². The number of aromatic nitrogens is 1. The highest BCUT2D eigenvalue weighted by Gasteiger charge is 2.22. The Bertz CT molecular complexity index is 816. The Morgan fingerprint density at radius 3 is 2.96 bits per heavy atom. The summed E-state index contributed by atoms with van der Waals surface area (Å²) in [6.45, 7) is 1.39. The van der Waals surface area contributed by atoms with Crippen molar-refractivity contribution in [2.75, 3.05) is 18.5 Å². The fraction of sp³-hybridized carbons (Fsp3) is 0.250. The lowest BCUT2D eigenvalue weighted by atomic mass is 10.1. The van der Waals surface area contributed by atoms with Gasteiger partial charge >= 0.3 is 5.69 Å². The van der Waals surface area contributed by atoms with E-state index >= 15 is 0 Å². The molecule has 1 N–H and O–H groups in total. The first-order chi connectivity index (χ1) is 11.7. The zero-order valence-corrected chi connectivity index (χ0v) is 12.7. The molecule has 0 atom stereocenters. The number of anilines is 1. The second kappa shape index (κ2) is 6.83. The molecule has 0 spiro atoms. The molecule has 24 heavy (non-hydrogen) atoms. The highest BCUT2D eigenvalue weighted by molar-refractivity contribution is 5.64. The zero-order valence-electron chi connectivity index (χ0n) is 12.7. The molecule has 8 heteroatoms. The quantitative estimate of drug-likeness (QED) is 0.679. The van der Waals surface area contributed by atoms with Gasteiger partial charge in [0, 0.05) is 24.7 Å². The Labute approximate surface area is 137 Å². The number of nitro groups is 1. The highest BCUT2D eigenvalue weighted by Crippen LogP contribution is 2.34. The van der Waals surface area contributed by atoms with Gasteiger partial charge in [-0.1, -0.05) is 12.1 Å². The van der Waals surface area contributed by atoms with Crippen molar-refractivity contribution in [3.05, 3.63) is 51.7 Å². The first-order valence-corrected chi connectivity index (χ1v) is 7.35. The van der Waals surface area contributed by atoms with Crippen LogP contribution < -0.4 is 14.8 Å². The molecule has 1 aromatic heterocycles. The van der Waals surface area contributed by atoms with E-state index < -0.39 is 4.92 Å². The van der Waals surface area contributed by atoms with Crippen molar-refractivity contribution in [3.8, 4) is 17.6 Å². The van der Waals surface area contributed by atoms with E-state index in [0.717, 1.165) is 12.0 Å². The first kappa shape index (κ1) is 15.6. The standard InChI is InChI=1S/C16H14N4O4/c17-9-11-5-6-18-16(14(11)20(21)22)19-10-12-3-1-4-13-15(12)24-8-2-7-23-13/h1,3-6H,2,7-8,10H2,(H,18,19). The van der Waals surface area contributed by atoms with Crippen LogP contribution in [0, 0.1) is 21.4 Å². The molecule has 0 fully saturated rings. The van der Waals surface area contributed by atoms with Crippen molar-refractivity contribution in [2.24, 2.45) is 0 Å². The Kier molecular flexibility index (Phi) is 4.43. The Hall–Kier alpha value is -3.34. The van der Waals surface area contributed by atoms with Gasteiger partial charge in [0.05, 0.1) is 18.1 Å². The van der Waals surface area contributed by atoms with E-state index in [9.17, 15) is 10.1 Å². The molecule has 0 aliphatic carbocycles. The molecular formula is C16H14N4O4. The molecule has 0 saturated heterocycles. The van der Waals surface area contributed by atoms with Crippen LogP contribution in [0.1, 0.15) is 17.5 Å². The van der Waals surface area contributed by atoms with Gasteiger partial charge in [0.2, 0.25) is 5.82 Å². The fourth-order valence-electron chi connectivity index (χ4n) is 2.43. The molecule has 1 aromatic carbocycles. The number of para-hydroxylation sites is 1. The zero-order chi connectivity index (χ0) is 16.9. The minimum atomic E-state index is -0.612. The number of benzene rings is 1. The third-order valence-corrected chi connectivity index (χ3v) is 3.53. The average Bonchev–Trinajstić information content (AvgIpc) is 2.85. The van der Waals surface area contributed by atoms with Crippen LogP contribution in [0.3, 0.4) is 0 Å². The van der Waals surface area contributed by atoms with Gasteiger partial charge in [0.25, 0.3) is 0 Å². The molecule has 0 bridgehead atoms. The Morgan fingerprint density at radius 2 is 2.17 bits per heavy atom. The number of hydrogen-bond donors (Lipinski definition) is 1. The third kappa shape index (κ3) is 3.05. The van der Waals surface area contributed by atoms with Gasteiger partial charge in [0.15, 0.2) is 11.5 Å². The van der Waals surface area contributed by atoms with Crippen molar-refractivity contribution >= 4 is 11.5 Å². The van der Waals surface area contributed by atoms with E-state index in [-0.39, 0.29) is 23.6 Å². The van der Waals surface area contributed by atoms with Crippen LogP contribution in [0.4, 0.5) is 11.5 Å². The molecule has 2 heterocycles. The number of hydrogen-bond acceptors (Lipinski definition) is 7. The lowest BCUT2D eigenvalue weighted by molar-refractivity contribution is -0.384. The molecule has 2 aromatic rings. The van der Waals surface area contributed by atoms with Crippen LogP contribution in [-0.4, -0.2) is 23.1 Å². The summed E-state index contributed by atoms with van der Waals surface area (Å²) >= 11 is 0. The second-order valence-electron chi connectivity index (χ2n) is 5.07.